The van der Waals surface area contributed by atoms with E-state index in [1.165, 1.54) is 11.3 Å². The fourth-order valence-corrected chi connectivity index (χ4v) is 3.65. The molecule has 25 heavy (non-hydrogen) atoms. The van der Waals surface area contributed by atoms with Crippen LogP contribution in [0.15, 0.2) is 53.9 Å². The fourth-order valence-electron chi connectivity index (χ4n) is 2.61. The van der Waals surface area contributed by atoms with Gasteiger partial charge in [-0.1, -0.05) is 42.5 Å². The lowest BCUT2D eigenvalue weighted by Gasteiger charge is -2.09. The summed E-state index contributed by atoms with van der Waals surface area (Å²) >= 11 is 1.44. The van der Waals surface area contributed by atoms with Crippen LogP contribution in [0.3, 0.4) is 0 Å². The van der Waals surface area contributed by atoms with Crippen LogP contribution in [-0.4, -0.2) is 11.7 Å². The van der Waals surface area contributed by atoms with Crippen molar-refractivity contribution in [2.24, 2.45) is 5.92 Å². The summed E-state index contributed by atoms with van der Waals surface area (Å²) < 4.78 is 0.977. The summed E-state index contributed by atoms with van der Waals surface area (Å²) in [5, 5.41) is 14.5. The summed E-state index contributed by atoms with van der Waals surface area (Å²) in [5.41, 5.74) is 2.45. The first kappa shape index (κ1) is 16.9. The molecule has 1 aromatic heterocycles. The lowest BCUT2D eigenvalue weighted by atomic mass is 9.97. The van der Waals surface area contributed by atoms with Crippen LogP contribution < -0.4 is 5.32 Å². The molecule has 124 valence electrons. The highest BCUT2D eigenvalue weighted by atomic mass is 32.1. The maximum atomic E-state index is 12.7. The van der Waals surface area contributed by atoms with Crippen molar-refractivity contribution >= 4 is 33.1 Å². The zero-order chi connectivity index (χ0) is 17.8. The predicted molar refractivity (Wildman–Crippen MR) is 98.3 cm³/mol. The zero-order valence-electron chi connectivity index (χ0n) is 13.7. The van der Waals surface area contributed by atoms with Crippen molar-refractivity contribution in [2.45, 2.75) is 13.5 Å². The zero-order valence-corrected chi connectivity index (χ0v) is 14.5. The number of benzene rings is 2. The first-order chi connectivity index (χ1) is 12.1. The van der Waals surface area contributed by atoms with Gasteiger partial charge in [0.25, 0.3) is 0 Å². The number of nitrogens with zero attached hydrogens (tertiary/aromatic N) is 1. The SMILES string of the molecule is Cc1ccc2c(C(=O)C(C#N)C(=O)NCc3ccccc3)csc2c1. The molecule has 0 aliphatic carbocycles. The summed E-state index contributed by atoms with van der Waals surface area (Å²) in [7, 11) is 0. The molecule has 0 spiro atoms. The van der Waals surface area contributed by atoms with Crippen LogP contribution in [0.4, 0.5) is 0 Å². The Morgan fingerprint density at radius 3 is 2.68 bits per heavy atom. The van der Waals surface area contributed by atoms with E-state index in [0.717, 1.165) is 21.2 Å². The molecule has 0 saturated carbocycles. The van der Waals surface area contributed by atoms with Crippen LogP contribution in [0.1, 0.15) is 21.5 Å². The molecule has 2 aromatic carbocycles. The van der Waals surface area contributed by atoms with Crippen molar-refractivity contribution in [3.05, 3.63) is 70.6 Å². The van der Waals surface area contributed by atoms with E-state index >= 15 is 0 Å². The van der Waals surface area contributed by atoms with E-state index in [2.05, 4.69) is 5.32 Å². The van der Waals surface area contributed by atoms with Crippen molar-refractivity contribution in [3.63, 3.8) is 0 Å². The number of hydrogen-bond donors (Lipinski definition) is 1. The third kappa shape index (κ3) is 3.59. The topological polar surface area (TPSA) is 70.0 Å². The van der Waals surface area contributed by atoms with Gasteiger partial charge in [-0.25, -0.2) is 0 Å². The van der Waals surface area contributed by atoms with Gasteiger partial charge >= 0.3 is 0 Å². The molecular formula is C20H16N2O2S. The van der Waals surface area contributed by atoms with Crippen LogP contribution in [-0.2, 0) is 11.3 Å². The number of carbonyl (C=O) groups is 2. The number of nitriles is 1. The number of Topliss-reactive ketones (excluding diaryl/α,β-unsaturated/α-hetero) is 1. The number of amides is 1. The molecule has 0 radical (unpaired) electrons. The lowest BCUT2D eigenvalue weighted by molar-refractivity contribution is -0.122. The van der Waals surface area contributed by atoms with Gasteiger partial charge in [0.05, 0.1) is 6.07 Å². The van der Waals surface area contributed by atoms with Crippen LogP contribution >= 0.6 is 11.3 Å². The second-order valence-electron chi connectivity index (χ2n) is 5.78. The lowest BCUT2D eigenvalue weighted by Crippen LogP contribution is -2.34. The first-order valence-corrected chi connectivity index (χ1v) is 8.71. The Morgan fingerprint density at radius 1 is 1.20 bits per heavy atom. The van der Waals surface area contributed by atoms with Gasteiger partial charge in [-0.05, 0) is 24.1 Å². The first-order valence-electron chi connectivity index (χ1n) is 7.83. The number of nitrogens with one attached hydrogen (secondary N) is 1. The van der Waals surface area contributed by atoms with Crippen molar-refractivity contribution < 1.29 is 9.59 Å². The third-order valence-electron chi connectivity index (χ3n) is 3.96. The van der Waals surface area contributed by atoms with Gasteiger partial charge in [0.15, 0.2) is 11.7 Å². The molecule has 1 N–H and O–H groups in total. The molecule has 0 aliphatic heterocycles. The Hall–Kier alpha value is -2.97. The van der Waals surface area contributed by atoms with Crippen molar-refractivity contribution in [1.29, 1.82) is 5.26 Å². The van der Waals surface area contributed by atoms with Gasteiger partial charge in [-0.2, -0.15) is 5.26 Å². The highest BCUT2D eigenvalue weighted by Crippen LogP contribution is 2.28. The molecule has 5 heteroatoms. The Labute approximate surface area is 149 Å². The average Bonchev–Trinajstić information content (AvgIpc) is 3.04. The van der Waals surface area contributed by atoms with Crippen LogP contribution in [0.5, 0.6) is 0 Å². The molecule has 4 nitrogen and oxygen atoms in total. The van der Waals surface area contributed by atoms with E-state index in [9.17, 15) is 14.9 Å². The molecule has 3 rings (SSSR count). The fraction of sp³-hybridized carbons (Fsp3) is 0.150. The molecule has 1 atom stereocenters. The number of ketones is 1. The Bertz CT molecular complexity index is 970. The Kier molecular flexibility index (Phi) is 4.92. The standard InChI is InChI=1S/C20H16N2O2S/c1-13-7-8-15-17(12-25-18(15)9-13)19(23)16(10-21)20(24)22-11-14-5-3-2-4-6-14/h2-9,12,16H,11H2,1H3,(H,22,24). The van der Waals surface area contributed by atoms with Crippen molar-refractivity contribution in [1.82, 2.24) is 5.32 Å². The van der Waals surface area contributed by atoms with Gasteiger partial charge in [0, 0.05) is 27.6 Å². The molecule has 3 aromatic rings. The third-order valence-corrected chi connectivity index (χ3v) is 4.90. The van der Waals surface area contributed by atoms with E-state index in [-0.39, 0.29) is 6.54 Å². The average molecular weight is 348 g/mol. The van der Waals surface area contributed by atoms with Crippen LogP contribution in [0.25, 0.3) is 10.1 Å². The van der Waals surface area contributed by atoms with Gasteiger partial charge in [0.1, 0.15) is 0 Å². The van der Waals surface area contributed by atoms with Crippen molar-refractivity contribution in [3.8, 4) is 6.07 Å². The minimum Gasteiger partial charge on any atom is -0.350 e. The quantitative estimate of drug-likeness (QED) is 0.562. The molecule has 0 bridgehead atoms. The van der Waals surface area contributed by atoms with E-state index in [4.69, 9.17) is 0 Å². The van der Waals surface area contributed by atoms with E-state index < -0.39 is 17.6 Å². The minimum absolute atomic E-state index is 0.286. The summed E-state index contributed by atoms with van der Waals surface area (Å²) in [4.78, 5) is 25.0. The molecule has 0 saturated heterocycles. The van der Waals surface area contributed by atoms with E-state index in [0.29, 0.717) is 5.56 Å². The summed E-state index contributed by atoms with van der Waals surface area (Å²) in [6, 6.07) is 17.0. The van der Waals surface area contributed by atoms with Crippen molar-refractivity contribution in [2.75, 3.05) is 0 Å². The number of aryl methyl sites for hydroxylation is 1. The second-order valence-corrected chi connectivity index (χ2v) is 6.69. The van der Waals surface area contributed by atoms with E-state index in [1.54, 1.807) is 5.38 Å². The minimum atomic E-state index is -1.34. The van der Waals surface area contributed by atoms with E-state index in [1.807, 2.05) is 61.5 Å². The number of fused-ring (bicyclic) bond motifs is 1. The van der Waals surface area contributed by atoms with Gasteiger partial charge in [-0.3, -0.25) is 9.59 Å². The normalized spacial score (nSPS) is 11.7. The molecule has 0 fully saturated rings. The summed E-state index contributed by atoms with van der Waals surface area (Å²) in [5.74, 6) is -2.37. The number of hydrogen-bond acceptors (Lipinski definition) is 4. The predicted octanol–water partition coefficient (Wildman–Crippen LogP) is 3.85. The van der Waals surface area contributed by atoms with Gasteiger partial charge in [-0.15, -0.1) is 11.3 Å². The second kappa shape index (κ2) is 7.29. The van der Waals surface area contributed by atoms with Crippen LogP contribution in [0, 0.1) is 24.2 Å². The maximum Gasteiger partial charge on any atom is 0.245 e. The molecular weight excluding hydrogens is 332 g/mol. The molecule has 1 unspecified atom stereocenters. The summed E-state index contributed by atoms with van der Waals surface area (Å²) in [6.07, 6.45) is 0. The monoisotopic (exact) mass is 348 g/mol. The van der Waals surface area contributed by atoms with Crippen LogP contribution in [0.2, 0.25) is 0 Å². The van der Waals surface area contributed by atoms with Gasteiger partial charge in [0.2, 0.25) is 5.91 Å². The maximum absolute atomic E-state index is 12.7. The summed E-state index contributed by atoms with van der Waals surface area (Å²) in [6.45, 7) is 2.27. The smallest absolute Gasteiger partial charge is 0.245 e. The Balaban J connectivity index is 1.78. The molecule has 0 aliphatic rings. The number of thiophene rings is 1. The highest BCUT2D eigenvalue weighted by Gasteiger charge is 2.29. The molecule has 1 amide bonds. The Morgan fingerprint density at radius 2 is 1.96 bits per heavy atom. The number of rotatable bonds is 5. The largest absolute Gasteiger partial charge is 0.350 e. The van der Waals surface area contributed by atoms with Gasteiger partial charge < -0.3 is 5.32 Å². The highest BCUT2D eigenvalue weighted by molar-refractivity contribution is 7.17. The molecule has 1 heterocycles. The number of carbonyl (C=O) groups excluding carboxylic acids is 2.